The van der Waals surface area contributed by atoms with Crippen LogP contribution < -0.4 is 4.74 Å². The van der Waals surface area contributed by atoms with Gasteiger partial charge in [-0.1, -0.05) is 68.7 Å². The summed E-state index contributed by atoms with van der Waals surface area (Å²) in [5.74, 6) is 1.80. The Hall–Kier alpha value is -2.28. The normalized spacial score (nSPS) is 10.8. The molecule has 0 N–H and O–H groups in total. The maximum absolute atomic E-state index is 6.04. The molecule has 0 heterocycles. The number of rotatable bonds is 7. The van der Waals surface area contributed by atoms with Gasteiger partial charge in [0.25, 0.3) is 0 Å². The minimum atomic E-state index is 0.880. The van der Waals surface area contributed by atoms with E-state index in [9.17, 15) is 0 Å². The van der Waals surface area contributed by atoms with Gasteiger partial charge < -0.3 is 4.74 Å². The highest BCUT2D eigenvalue weighted by atomic mass is 16.5. The average molecular weight is 303 g/mol. The summed E-state index contributed by atoms with van der Waals surface area (Å²) < 4.78 is 6.04. The van der Waals surface area contributed by atoms with Crippen LogP contribution in [-0.4, -0.2) is 0 Å². The van der Waals surface area contributed by atoms with Crippen molar-refractivity contribution in [2.45, 2.75) is 32.1 Å². The van der Waals surface area contributed by atoms with E-state index in [4.69, 9.17) is 4.74 Å². The Morgan fingerprint density at radius 3 is 2.35 bits per heavy atom. The first kappa shape index (κ1) is 15.6. The molecule has 117 valence electrons. The fourth-order valence-corrected chi connectivity index (χ4v) is 2.92. The van der Waals surface area contributed by atoms with Crippen molar-refractivity contribution in [3.63, 3.8) is 0 Å². The van der Waals surface area contributed by atoms with Crippen molar-refractivity contribution in [1.29, 1.82) is 0 Å². The van der Waals surface area contributed by atoms with Crippen LogP contribution in [0.15, 0.2) is 66.7 Å². The number of unbranched alkanes of at least 4 members (excludes halogenated alkanes) is 3. The molecule has 0 amide bonds. The Kier molecular flexibility index (Phi) is 5.31. The zero-order valence-electron chi connectivity index (χ0n) is 13.5. The fourth-order valence-electron chi connectivity index (χ4n) is 2.92. The van der Waals surface area contributed by atoms with E-state index in [1.54, 1.807) is 0 Å². The summed E-state index contributed by atoms with van der Waals surface area (Å²) in [5.41, 5.74) is 1.37. The van der Waals surface area contributed by atoms with Crippen LogP contribution in [0.2, 0.25) is 0 Å². The van der Waals surface area contributed by atoms with Crippen molar-refractivity contribution in [2.75, 3.05) is 0 Å². The maximum atomic E-state index is 6.04. The molecule has 0 aliphatic carbocycles. The molecule has 0 saturated carbocycles. The third kappa shape index (κ3) is 4.13. The van der Waals surface area contributed by atoms with Gasteiger partial charge in [0.1, 0.15) is 11.5 Å². The highest BCUT2D eigenvalue weighted by molar-refractivity contribution is 5.87. The van der Waals surface area contributed by atoms with Crippen molar-refractivity contribution in [3.05, 3.63) is 79.2 Å². The van der Waals surface area contributed by atoms with Crippen molar-refractivity contribution in [3.8, 4) is 11.5 Å². The van der Waals surface area contributed by atoms with Gasteiger partial charge in [-0.3, -0.25) is 0 Å². The number of ether oxygens (including phenoxy) is 1. The first-order valence-electron chi connectivity index (χ1n) is 8.40. The van der Waals surface area contributed by atoms with Crippen LogP contribution in [0.4, 0.5) is 0 Å². The van der Waals surface area contributed by atoms with Crippen molar-refractivity contribution < 1.29 is 4.74 Å². The van der Waals surface area contributed by atoms with E-state index in [1.165, 1.54) is 35.6 Å². The van der Waals surface area contributed by atoms with Gasteiger partial charge in [0.2, 0.25) is 0 Å². The summed E-state index contributed by atoms with van der Waals surface area (Å²) in [4.78, 5) is 0. The second-order valence-electron chi connectivity index (χ2n) is 5.88. The van der Waals surface area contributed by atoms with Gasteiger partial charge in [-0.15, -0.1) is 0 Å². The van der Waals surface area contributed by atoms with Crippen molar-refractivity contribution in [1.82, 2.24) is 0 Å². The van der Waals surface area contributed by atoms with Crippen LogP contribution in [0.25, 0.3) is 10.8 Å². The molecule has 0 atom stereocenters. The van der Waals surface area contributed by atoms with Gasteiger partial charge in [-0.05, 0) is 53.4 Å². The molecule has 1 heteroatoms. The van der Waals surface area contributed by atoms with Crippen LogP contribution in [0, 0.1) is 6.92 Å². The zero-order valence-corrected chi connectivity index (χ0v) is 13.5. The van der Waals surface area contributed by atoms with Gasteiger partial charge in [0.05, 0.1) is 0 Å². The van der Waals surface area contributed by atoms with Crippen LogP contribution in [0.3, 0.4) is 0 Å². The largest absolute Gasteiger partial charge is 0.457 e. The summed E-state index contributed by atoms with van der Waals surface area (Å²) in [6.45, 7) is 3.92. The lowest BCUT2D eigenvalue weighted by atomic mass is 9.99. The number of hydrogen-bond donors (Lipinski definition) is 0. The third-order valence-electron chi connectivity index (χ3n) is 4.10. The molecule has 1 radical (unpaired) electrons. The molecule has 3 aromatic rings. The summed E-state index contributed by atoms with van der Waals surface area (Å²) in [6.07, 6.45) is 5.76. The molecular formula is C22H23O. The topological polar surface area (TPSA) is 9.23 Å². The highest BCUT2D eigenvalue weighted by Gasteiger charge is 2.06. The lowest BCUT2D eigenvalue weighted by Crippen LogP contribution is -1.91. The second kappa shape index (κ2) is 7.82. The Morgan fingerprint density at radius 1 is 0.739 bits per heavy atom. The number of hydrogen-bond acceptors (Lipinski definition) is 1. The van der Waals surface area contributed by atoms with Crippen LogP contribution >= 0.6 is 0 Å². The lowest BCUT2D eigenvalue weighted by molar-refractivity contribution is 0.482. The monoisotopic (exact) mass is 303 g/mol. The molecule has 0 saturated heterocycles. The summed E-state index contributed by atoms with van der Waals surface area (Å²) in [6, 6.07) is 22.9. The summed E-state index contributed by atoms with van der Waals surface area (Å²) in [7, 11) is 0. The van der Waals surface area contributed by atoms with Gasteiger partial charge in [0.15, 0.2) is 0 Å². The van der Waals surface area contributed by atoms with E-state index >= 15 is 0 Å². The van der Waals surface area contributed by atoms with E-state index in [0.29, 0.717) is 0 Å². The first-order valence-corrected chi connectivity index (χ1v) is 8.40. The third-order valence-corrected chi connectivity index (χ3v) is 4.10. The molecule has 0 aromatic heterocycles. The predicted molar refractivity (Wildman–Crippen MR) is 98.0 cm³/mol. The number of aryl methyl sites for hydroxylation is 1. The molecule has 0 unspecified atom stereocenters. The van der Waals surface area contributed by atoms with Crippen LogP contribution in [0.5, 0.6) is 11.5 Å². The van der Waals surface area contributed by atoms with E-state index in [-0.39, 0.29) is 0 Å². The Bertz CT molecular complexity index is 746. The molecule has 0 spiro atoms. The molecule has 0 aliphatic rings. The molecule has 0 bridgehead atoms. The van der Waals surface area contributed by atoms with Gasteiger partial charge in [-0.25, -0.2) is 0 Å². The number of para-hydroxylation sites is 1. The Balaban J connectivity index is 1.87. The fraction of sp³-hybridized carbons (Fsp3) is 0.227. The minimum absolute atomic E-state index is 0.880. The molecule has 1 nitrogen and oxygen atoms in total. The Labute approximate surface area is 138 Å². The Morgan fingerprint density at radius 2 is 1.52 bits per heavy atom. The minimum Gasteiger partial charge on any atom is -0.457 e. The number of fused-ring (bicyclic) bond motifs is 1. The molecule has 3 aromatic carbocycles. The first-order chi connectivity index (χ1) is 11.4. The van der Waals surface area contributed by atoms with Crippen LogP contribution in [-0.2, 0) is 6.42 Å². The van der Waals surface area contributed by atoms with Gasteiger partial charge >= 0.3 is 0 Å². The number of benzene rings is 3. The molecule has 0 aliphatic heterocycles. The molecule has 23 heavy (non-hydrogen) atoms. The predicted octanol–water partition coefficient (Wildman–Crippen LogP) is 6.57. The summed E-state index contributed by atoms with van der Waals surface area (Å²) >= 11 is 0. The smallest absolute Gasteiger partial charge is 0.128 e. The van der Waals surface area contributed by atoms with Gasteiger partial charge in [-0.2, -0.15) is 0 Å². The maximum Gasteiger partial charge on any atom is 0.128 e. The quantitative estimate of drug-likeness (QED) is 0.448. The van der Waals surface area contributed by atoms with Crippen molar-refractivity contribution in [2.24, 2.45) is 0 Å². The van der Waals surface area contributed by atoms with Gasteiger partial charge in [0, 0.05) is 0 Å². The summed E-state index contributed by atoms with van der Waals surface area (Å²) in [5, 5.41) is 2.58. The molecule has 3 rings (SSSR count). The average Bonchev–Trinajstić information content (AvgIpc) is 2.59. The van der Waals surface area contributed by atoms with E-state index in [0.717, 1.165) is 24.3 Å². The zero-order chi connectivity index (χ0) is 15.9. The van der Waals surface area contributed by atoms with E-state index in [1.807, 2.05) is 30.3 Å². The SMILES string of the molecule is [CH2]CCCCCc1cc(Oc2ccccc2)cc2ccccc12. The highest BCUT2D eigenvalue weighted by Crippen LogP contribution is 2.29. The molecular weight excluding hydrogens is 280 g/mol. The van der Waals surface area contributed by atoms with Crippen molar-refractivity contribution >= 4 is 10.8 Å². The van der Waals surface area contributed by atoms with Crippen LogP contribution in [0.1, 0.15) is 31.2 Å². The van der Waals surface area contributed by atoms with E-state index < -0.39 is 0 Å². The second-order valence-corrected chi connectivity index (χ2v) is 5.88. The molecule has 0 fully saturated rings. The van der Waals surface area contributed by atoms with E-state index in [2.05, 4.69) is 43.3 Å². The lowest BCUT2D eigenvalue weighted by Gasteiger charge is -2.11. The standard InChI is InChI=1S/C22H23O/c1-2-3-4-6-11-18-16-21(23-20-13-7-5-8-14-20)17-19-12-9-10-15-22(18)19/h5,7-10,12-17H,1-4,6,11H2.